The molecule has 0 unspecified atom stereocenters. The molecule has 0 aliphatic rings. The van der Waals surface area contributed by atoms with Gasteiger partial charge in [0, 0.05) is 11.9 Å². The summed E-state index contributed by atoms with van der Waals surface area (Å²) in [5, 5.41) is 8.01. The fourth-order valence-electron chi connectivity index (χ4n) is 1.89. The van der Waals surface area contributed by atoms with Gasteiger partial charge in [-0.05, 0) is 36.8 Å². The summed E-state index contributed by atoms with van der Waals surface area (Å²) in [6.45, 7) is 1.84. The summed E-state index contributed by atoms with van der Waals surface area (Å²) in [6, 6.07) is 8.50. The van der Waals surface area contributed by atoms with E-state index in [0.717, 1.165) is 5.56 Å². The quantitative estimate of drug-likeness (QED) is 0.713. The minimum atomic E-state index is -0.313. The molecule has 0 atom stereocenters. The minimum absolute atomic E-state index is 0.313. The second-order valence-electron chi connectivity index (χ2n) is 4.20. The number of benzene rings is 1. The van der Waals surface area contributed by atoms with Crippen LogP contribution in [0, 0.1) is 12.7 Å². The largest absolute Gasteiger partial charge is 0.398 e. The van der Waals surface area contributed by atoms with Gasteiger partial charge < -0.3 is 5.73 Å². The molecule has 0 amide bonds. The first kappa shape index (κ1) is 10.7. The van der Waals surface area contributed by atoms with Gasteiger partial charge in [-0.3, -0.25) is 4.40 Å². The molecule has 0 aliphatic heterocycles. The Kier molecular flexibility index (Phi) is 2.26. The second kappa shape index (κ2) is 3.80. The molecule has 2 heterocycles. The third-order valence-corrected chi connectivity index (χ3v) is 2.79. The van der Waals surface area contributed by atoms with Crippen molar-refractivity contribution in [2.45, 2.75) is 6.92 Å². The molecule has 0 bridgehead atoms. The number of pyridine rings is 1. The lowest BCUT2D eigenvalue weighted by Gasteiger charge is -2.03. The second-order valence-corrected chi connectivity index (χ2v) is 4.20. The van der Waals surface area contributed by atoms with Gasteiger partial charge in [0.15, 0.2) is 11.5 Å². The molecule has 0 aliphatic carbocycles. The topological polar surface area (TPSA) is 56.2 Å². The van der Waals surface area contributed by atoms with Gasteiger partial charge in [-0.2, -0.15) is 0 Å². The smallest absolute Gasteiger partial charge is 0.171 e. The van der Waals surface area contributed by atoms with Gasteiger partial charge >= 0.3 is 0 Å². The van der Waals surface area contributed by atoms with Crippen LogP contribution in [0.1, 0.15) is 5.56 Å². The maximum atomic E-state index is 13.9. The number of nitrogens with zero attached hydrogens (tertiary/aromatic N) is 3. The fraction of sp³-hybridized carbons (Fsp3) is 0.0769. The first-order valence-electron chi connectivity index (χ1n) is 5.52. The zero-order chi connectivity index (χ0) is 12.7. The third-order valence-electron chi connectivity index (χ3n) is 2.79. The zero-order valence-electron chi connectivity index (χ0n) is 9.76. The summed E-state index contributed by atoms with van der Waals surface area (Å²) in [7, 11) is 0. The SMILES string of the molecule is Cc1ccc(-c2nnc3ccc(N)cn23)c(F)c1. The lowest BCUT2D eigenvalue weighted by Crippen LogP contribution is -1.95. The molecule has 5 heteroatoms. The highest BCUT2D eigenvalue weighted by atomic mass is 19.1. The predicted octanol–water partition coefficient (Wildman–Crippen LogP) is 2.43. The Bertz CT molecular complexity index is 733. The summed E-state index contributed by atoms with van der Waals surface area (Å²) >= 11 is 0. The Morgan fingerprint density at radius 1 is 1.17 bits per heavy atom. The molecular formula is C13H11FN4. The lowest BCUT2D eigenvalue weighted by atomic mass is 10.1. The number of hydrogen-bond acceptors (Lipinski definition) is 3. The summed E-state index contributed by atoms with van der Waals surface area (Å²) in [5.74, 6) is 0.140. The van der Waals surface area contributed by atoms with E-state index in [1.54, 1.807) is 28.8 Å². The van der Waals surface area contributed by atoms with E-state index in [1.807, 2.05) is 13.0 Å². The maximum absolute atomic E-state index is 13.9. The van der Waals surface area contributed by atoms with Crippen molar-refractivity contribution in [1.82, 2.24) is 14.6 Å². The highest BCUT2D eigenvalue weighted by Crippen LogP contribution is 2.23. The molecule has 1 aromatic carbocycles. The van der Waals surface area contributed by atoms with Crippen molar-refractivity contribution in [3.05, 3.63) is 47.9 Å². The monoisotopic (exact) mass is 242 g/mol. The number of aryl methyl sites for hydroxylation is 1. The molecule has 2 aromatic heterocycles. The first-order valence-corrected chi connectivity index (χ1v) is 5.52. The van der Waals surface area contributed by atoms with Crippen molar-refractivity contribution in [3.63, 3.8) is 0 Å². The van der Waals surface area contributed by atoms with E-state index in [2.05, 4.69) is 10.2 Å². The van der Waals surface area contributed by atoms with Crippen molar-refractivity contribution in [2.75, 3.05) is 5.73 Å². The van der Waals surface area contributed by atoms with Crippen molar-refractivity contribution < 1.29 is 4.39 Å². The van der Waals surface area contributed by atoms with E-state index in [4.69, 9.17) is 5.73 Å². The van der Waals surface area contributed by atoms with Gasteiger partial charge in [-0.1, -0.05) is 6.07 Å². The lowest BCUT2D eigenvalue weighted by molar-refractivity contribution is 0.628. The van der Waals surface area contributed by atoms with E-state index in [9.17, 15) is 4.39 Å². The van der Waals surface area contributed by atoms with Crippen molar-refractivity contribution in [3.8, 4) is 11.4 Å². The number of hydrogen-bond donors (Lipinski definition) is 1. The molecule has 0 saturated heterocycles. The molecule has 0 fully saturated rings. The Morgan fingerprint density at radius 3 is 2.78 bits per heavy atom. The van der Waals surface area contributed by atoms with Gasteiger partial charge in [0.1, 0.15) is 5.82 Å². The summed E-state index contributed by atoms with van der Waals surface area (Å²) < 4.78 is 15.6. The average Bonchev–Trinajstić information content (AvgIpc) is 2.72. The van der Waals surface area contributed by atoms with E-state index in [1.165, 1.54) is 6.07 Å². The average molecular weight is 242 g/mol. The molecule has 3 aromatic rings. The van der Waals surface area contributed by atoms with Crippen LogP contribution in [0.25, 0.3) is 17.0 Å². The Morgan fingerprint density at radius 2 is 2.00 bits per heavy atom. The molecule has 18 heavy (non-hydrogen) atoms. The fourth-order valence-corrected chi connectivity index (χ4v) is 1.89. The predicted molar refractivity (Wildman–Crippen MR) is 67.5 cm³/mol. The number of nitrogens with two attached hydrogens (primary N) is 1. The highest BCUT2D eigenvalue weighted by Gasteiger charge is 2.12. The van der Waals surface area contributed by atoms with Crippen molar-refractivity contribution in [2.24, 2.45) is 0 Å². The van der Waals surface area contributed by atoms with E-state index in [-0.39, 0.29) is 5.82 Å². The van der Waals surface area contributed by atoms with Gasteiger partial charge in [0.2, 0.25) is 0 Å². The Balaban J connectivity index is 2.28. The molecule has 3 rings (SSSR count). The van der Waals surface area contributed by atoms with E-state index < -0.39 is 0 Å². The van der Waals surface area contributed by atoms with Crippen LogP contribution >= 0.6 is 0 Å². The van der Waals surface area contributed by atoms with Crippen LogP contribution in [0.3, 0.4) is 0 Å². The van der Waals surface area contributed by atoms with Crippen LogP contribution in [0.5, 0.6) is 0 Å². The summed E-state index contributed by atoms with van der Waals surface area (Å²) in [5.41, 5.74) is 8.22. The van der Waals surface area contributed by atoms with E-state index in [0.29, 0.717) is 22.7 Å². The van der Waals surface area contributed by atoms with E-state index >= 15 is 0 Å². The van der Waals surface area contributed by atoms with Crippen LogP contribution in [-0.4, -0.2) is 14.6 Å². The van der Waals surface area contributed by atoms with Crippen LogP contribution in [0.2, 0.25) is 0 Å². The number of anilines is 1. The zero-order valence-corrected chi connectivity index (χ0v) is 9.76. The van der Waals surface area contributed by atoms with Crippen LogP contribution < -0.4 is 5.73 Å². The number of fused-ring (bicyclic) bond motifs is 1. The number of halogens is 1. The molecule has 4 nitrogen and oxygen atoms in total. The molecular weight excluding hydrogens is 231 g/mol. The first-order chi connectivity index (χ1) is 8.65. The molecule has 90 valence electrons. The molecule has 2 N–H and O–H groups in total. The van der Waals surface area contributed by atoms with Gasteiger partial charge in [-0.25, -0.2) is 4.39 Å². The summed E-state index contributed by atoms with van der Waals surface area (Å²) in [4.78, 5) is 0. The Labute approximate surface area is 103 Å². The molecule has 0 spiro atoms. The number of aromatic nitrogens is 3. The van der Waals surface area contributed by atoms with Gasteiger partial charge in [0.05, 0.1) is 5.56 Å². The third kappa shape index (κ3) is 1.60. The van der Waals surface area contributed by atoms with Gasteiger partial charge in [0.25, 0.3) is 0 Å². The number of rotatable bonds is 1. The van der Waals surface area contributed by atoms with Crippen LogP contribution in [0.15, 0.2) is 36.5 Å². The summed E-state index contributed by atoms with van der Waals surface area (Å²) in [6.07, 6.45) is 1.68. The number of nitrogen functional groups attached to an aromatic ring is 1. The Hall–Kier alpha value is -2.43. The van der Waals surface area contributed by atoms with Crippen molar-refractivity contribution in [1.29, 1.82) is 0 Å². The normalized spacial score (nSPS) is 11.0. The maximum Gasteiger partial charge on any atom is 0.171 e. The molecule has 0 radical (unpaired) electrons. The van der Waals surface area contributed by atoms with Crippen LogP contribution in [0.4, 0.5) is 10.1 Å². The van der Waals surface area contributed by atoms with Crippen LogP contribution in [-0.2, 0) is 0 Å². The standard InChI is InChI=1S/C13H11FN4/c1-8-2-4-10(11(14)6-8)13-17-16-12-5-3-9(15)7-18(12)13/h2-7H,15H2,1H3. The van der Waals surface area contributed by atoms with Gasteiger partial charge in [-0.15, -0.1) is 10.2 Å². The molecule has 0 saturated carbocycles. The highest BCUT2D eigenvalue weighted by molar-refractivity contribution is 5.62. The van der Waals surface area contributed by atoms with Crippen molar-refractivity contribution >= 4 is 11.3 Å². The minimum Gasteiger partial charge on any atom is -0.398 e.